The molecule has 1 aromatic rings. The summed E-state index contributed by atoms with van der Waals surface area (Å²) in [6.07, 6.45) is 4.98. The van der Waals surface area contributed by atoms with Gasteiger partial charge in [0, 0.05) is 12.0 Å². The zero-order valence-corrected chi connectivity index (χ0v) is 10.9. The van der Waals surface area contributed by atoms with Crippen LogP contribution in [0.4, 0.5) is 0 Å². The van der Waals surface area contributed by atoms with E-state index >= 15 is 0 Å². The van der Waals surface area contributed by atoms with Gasteiger partial charge in [0.2, 0.25) is 0 Å². The minimum absolute atomic E-state index is 0.370. The average Bonchev–Trinajstić information content (AvgIpc) is 2.82. The summed E-state index contributed by atoms with van der Waals surface area (Å²) in [5.41, 5.74) is 1.97. The van der Waals surface area contributed by atoms with Crippen LogP contribution in [0.25, 0.3) is 0 Å². The van der Waals surface area contributed by atoms with Crippen LogP contribution in [0.1, 0.15) is 42.1 Å². The normalized spacial score (nSPS) is 17.8. The van der Waals surface area contributed by atoms with Gasteiger partial charge in [-0.15, -0.1) is 0 Å². The highest BCUT2D eigenvalue weighted by Gasteiger charge is 2.29. The summed E-state index contributed by atoms with van der Waals surface area (Å²) in [4.78, 5) is 10.7. The quantitative estimate of drug-likeness (QED) is 0.573. The molecule has 2 rings (SSSR count). The smallest absolute Gasteiger partial charge is 0.165 e. The molecule has 1 aliphatic rings. The van der Waals surface area contributed by atoms with Crippen molar-refractivity contribution in [3.8, 4) is 0 Å². The Hall–Kier alpha value is -1.19. The first-order valence-corrected chi connectivity index (χ1v) is 6.54. The summed E-state index contributed by atoms with van der Waals surface area (Å²) in [6.45, 7) is 3.42. The Morgan fingerprint density at radius 1 is 1.28 bits per heavy atom. The lowest BCUT2D eigenvalue weighted by atomic mass is 10.0. The fraction of sp³-hybridized carbons (Fsp3) is 0.533. The molecule has 18 heavy (non-hydrogen) atoms. The predicted molar refractivity (Wildman–Crippen MR) is 69.7 cm³/mol. The van der Waals surface area contributed by atoms with E-state index in [0.29, 0.717) is 13.2 Å². The number of carbonyl (C=O) groups is 1. The van der Waals surface area contributed by atoms with Gasteiger partial charge in [-0.25, -0.2) is 0 Å². The Bertz CT molecular complexity index is 394. The molecular formula is C15H20O3. The van der Waals surface area contributed by atoms with Gasteiger partial charge >= 0.3 is 0 Å². The molecule has 0 radical (unpaired) electrons. The molecule has 0 aromatic heterocycles. The number of ether oxygens (including phenoxy) is 2. The zero-order chi connectivity index (χ0) is 12.8. The molecule has 0 amide bonds. The molecule has 1 fully saturated rings. The third kappa shape index (κ3) is 3.65. The molecule has 1 saturated heterocycles. The van der Waals surface area contributed by atoms with Gasteiger partial charge in [-0.05, 0) is 37.8 Å². The van der Waals surface area contributed by atoms with E-state index in [4.69, 9.17) is 9.47 Å². The standard InChI is InChI=1S/C15H20O3/c1-15(17-9-10-18-15)8-3-2-5-13-6-4-7-14(11-13)12-16/h4,6-7,11-12H,2-3,5,8-10H2,1H3. The van der Waals surface area contributed by atoms with Gasteiger partial charge in [-0.1, -0.05) is 18.2 Å². The van der Waals surface area contributed by atoms with E-state index in [2.05, 4.69) is 6.07 Å². The van der Waals surface area contributed by atoms with Crippen LogP contribution in [0.3, 0.4) is 0 Å². The lowest BCUT2D eigenvalue weighted by Gasteiger charge is -2.21. The number of aryl methyl sites for hydroxylation is 1. The minimum Gasteiger partial charge on any atom is -0.348 e. The van der Waals surface area contributed by atoms with E-state index in [0.717, 1.165) is 37.5 Å². The lowest BCUT2D eigenvalue weighted by molar-refractivity contribution is -0.147. The fourth-order valence-electron chi connectivity index (χ4n) is 2.30. The summed E-state index contributed by atoms with van der Waals surface area (Å²) in [5, 5.41) is 0. The lowest BCUT2D eigenvalue weighted by Crippen LogP contribution is -2.25. The maximum Gasteiger partial charge on any atom is 0.165 e. The number of rotatable bonds is 6. The monoisotopic (exact) mass is 248 g/mol. The molecule has 0 saturated carbocycles. The van der Waals surface area contributed by atoms with Crippen molar-refractivity contribution >= 4 is 6.29 Å². The molecule has 1 heterocycles. The molecule has 3 heteroatoms. The zero-order valence-electron chi connectivity index (χ0n) is 10.9. The number of hydrogen-bond acceptors (Lipinski definition) is 3. The summed E-state index contributed by atoms with van der Waals surface area (Å²) in [6, 6.07) is 7.79. The van der Waals surface area contributed by atoms with E-state index in [-0.39, 0.29) is 5.79 Å². The molecule has 0 atom stereocenters. The fourth-order valence-corrected chi connectivity index (χ4v) is 2.30. The van der Waals surface area contributed by atoms with Gasteiger partial charge in [0.1, 0.15) is 6.29 Å². The maximum absolute atomic E-state index is 10.7. The molecule has 0 unspecified atom stereocenters. The Labute approximate surface area is 108 Å². The van der Waals surface area contributed by atoms with Crippen LogP contribution < -0.4 is 0 Å². The Morgan fingerprint density at radius 3 is 2.78 bits per heavy atom. The second-order valence-corrected chi connectivity index (χ2v) is 4.90. The Morgan fingerprint density at radius 2 is 2.06 bits per heavy atom. The molecule has 1 aromatic carbocycles. The molecule has 0 bridgehead atoms. The molecule has 1 aliphatic heterocycles. The van der Waals surface area contributed by atoms with Crippen molar-refractivity contribution in [3.63, 3.8) is 0 Å². The Balaban J connectivity index is 1.73. The second kappa shape index (κ2) is 6.12. The van der Waals surface area contributed by atoms with E-state index in [1.54, 1.807) is 0 Å². The highest BCUT2D eigenvalue weighted by molar-refractivity contribution is 5.74. The third-order valence-electron chi connectivity index (χ3n) is 3.33. The molecule has 0 N–H and O–H groups in total. The van der Waals surface area contributed by atoms with Crippen LogP contribution in [0, 0.1) is 0 Å². The van der Waals surface area contributed by atoms with E-state index in [9.17, 15) is 4.79 Å². The van der Waals surface area contributed by atoms with Crippen molar-refractivity contribution in [1.82, 2.24) is 0 Å². The van der Waals surface area contributed by atoms with Gasteiger partial charge in [-0.3, -0.25) is 4.79 Å². The first-order valence-electron chi connectivity index (χ1n) is 6.54. The first kappa shape index (κ1) is 13.2. The van der Waals surface area contributed by atoms with Crippen molar-refractivity contribution in [1.29, 1.82) is 0 Å². The van der Waals surface area contributed by atoms with Crippen LogP contribution in [-0.2, 0) is 15.9 Å². The molecular weight excluding hydrogens is 228 g/mol. The molecule has 3 nitrogen and oxygen atoms in total. The van der Waals surface area contributed by atoms with Gasteiger partial charge in [-0.2, -0.15) is 0 Å². The largest absolute Gasteiger partial charge is 0.348 e. The number of carbonyl (C=O) groups excluding carboxylic acids is 1. The van der Waals surface area contributed by atoms with Crippen molar-refractivity contribution in [2.24, 2.45) is 0 Å². The van der Waals surface area contributed by atoms with Gasteiger partial charge in [0.05, 0.1) is 13.2 Å². The van der Waals surface area contributed by atoms with Crippen LogP contribution in [-0.4, -0.2) is 25.3 Å². The van der Waals surface area contributed by atoms with E-state index < -0.39 is 0 Å². The minimum atomic E-state index is -0.370. The third-order valence-corrected chi connectivity index (χ3v) is 3.33. The summed E-state index contributed by atoms with van der Waals surface area (Å²) in [5.74, 6) is -0.370. The van der Waals surface area contributed by atoms with Crippen LogP contribution in [0.2, 0.25) is 0 Å². The maximum atomic E-state index is 10.7. The summed E-state index contributed by atoms with van der Waals surface area (Å²) in [7, 11) is 0. The van der Waals surface area contributed by atoms with Crippen molar-refractivity contribution in [2.45, 2.75) is 38.4 Å². The van der Waals surface area contributed by atoms with Crippen molar-refractivity contribution < 1.29 is 14.3 Å². The average molecular weight is 248 g/mol. The van der Waals surface area contributed by atoms with Gasteiger partial charge < -0.3 is 9.47 Å². The molecule has 0 aliphatic carbocycles. The number of benzene rings is 1. The molecule has 98 valence electrons. The van der Waals surface area contributed by atoms with Crippen LogP contribution >= 0.6 is 0 Å². The highest BCUT2D eigenvalue weighted by atomic mass is 16.7. The molecule has 0 spiro atoms. The van der Waals surface area contributed by atoms with Crippen LogP contribution in [0.15, 0.2) is 24.3 Å². The van der Waals surface area contributed by atoms with E-state index in [1.807, 2.05) is 25.1 Å². The van der Waals surface area contributed by atoms with Crippen molar-refractivity contribution in [3.05, 3.63) is 35.4 Å². The number of hydrogen-bond donors (Lipinski definition) is 0. The van der Waals surface area contributed by atoms with Gasteiger partial charge in [0.15, 0.2) is 5.79 Å². The highest BCUT2D eigenvalue weighted by Crippen LogP contribution is 2.25. The predicted octanol–water partition coefficient (Wildman–Crippen LogP) is 2.97. The number of unbranched alkanes of at least 4 members (excludes halogenated alkanes) is 1. The van der Waals surface area contributed by atoms with E-state index in [1.165, 1.54) is 5.56 Å². The van der Waals surface area contributed by atoms with Gasteiger partial charge in [0.25, 0.3) is 0 Å². The Kier molecular flexibility index (Phi) is 4.50. The SMILES string of the molecule is CC1(CCCCc2cccc(C=O)c2)OCCO1. The summed E-state index contributed by atoms with van der Waals surface area (Å²) < 4.78 is 11.1. The van der Waals surface area contributed by atoms with Crippen molar-refractivity contribution in [2.75, 3.05) is 13.2 Å². The number of aldehydes is 1. The second-order valence-electron chi connectivity index (χ2n) is 4.90. The topological polar surface area (TPSA) is 35.5 Å². The summed E-state index contributed by atoms with van der Waals surface area (Å²) >= 11 is 0. The van der Waals surface area contributed by atoms with Crippen LogP contribution in [0.5, 0.6) is 0 Å². The first-order chi connectivity index (χ1) is 8.72.